The SMILES string of the molecule is CCCC(Cc1cccc(O)c1)NCC. The Morgan fingerprint density at radius 3 is 2.73 bits per heavy atom. The number of nitrogens with one attached hydrogen (secondary N) is 1. The second-order valence-electron chi connectivity index (χ2n) is 3.92. The van der Waals surface area contributed by atoms with E-state index in [1.54, 1.807) is 6.07 Å². The second kappa shape index (κ2) is 6.46. The van der Waals surface area contributed by atoms with E-state index in [-0.39, 0.29) is 0 Å². The zero-order chi connectivity index (χ0) is 11.1. The highest BCUT2D eigenvalue weighted by Gasteiger charge is 2.07. The fourth-order valence-corrected chi connectivity index (χ4v) is 1.88. The summed E-state index contributed by atoms with van der Waals surface area (Å²) in [6, 6.07) is 8.06. The molecule has 0 heterocycles. The van der Waals surface area contributed by atoms with Gasteiger partial charge in [-0.2, -0.15) is 0 Å². The molecule has 0 aliphatic heterocycles. The first-order chi connectivity index (χ1) is 7.26. The van der Waals surface area contributed by atoms with Crippen LogP contribution >= 0.6 is 0 Å². The van der Waals surface area contributed by atoms with Crippen LogP contribution in [-0.2, 0) is 6.42 Å². The maximum Gasteiger partial charge on any atom is 0.115 e. The molecule has 0 radical (unpaired) electrons. The summed E-state index contributed by atoms with van der Waals surface area (Å²) in [5, 5.41) is 12.8. The van der Waals surface area contributed by atoms with Crippen molar-refractivity contribution in [2.24, 2.45) is 0 Å². The maximum atomic E-state index is 9.37. The van der Waals surface area contributed by atoms with E-state index in [2.05, 4.69) is 25.2 Å². The zero-order valence-corrected chi connectivity index (χ0v) is 9.66. The van der Waals surface area contributed by atoms with Crippen LogP contribution in [0.15, 0.2) is 24.3 Å². The van der Waals surface area contributed by atoms with Crippen LogP contribution in [0.25, 0.3) is 0 Å². The number of phenols is 1. The van der Waals surface area contributed by atoms with Gasteiger partial charge in [0.15, 0.2) is 0 Å². The summed E-state index contributed by atoms with van der Waals surface area (Å²) >= 11 is 0. The molecule has 84 valence electrons. The molecule has 0 saturated carbocycles. The molecule has 1 rings (SSSR count). The highest BCUT2D eigenvalue weighted by Crippen LogP contribution is 2.14. The Bertz CT molecular complexity index is 280. The molecule has 0 fully saturated rings. The standard InChI is InChI=1S/C13H21NO/c1-3-6-12(14-4-2)9-11-7-5-8-13(15)10-11/h5,7-8,10,12,14-15H,3-4,6,9H2,1-2H3. The van der Waals surface area contributed by atoms with Crippen LogP contribution in [0.2, 0.25) is 0 Å². The van der Waals surface area contributed by atoms with Crippen LogP contribution in [-0.4, -0.2) is 17.7 Å². The Hall–Kier alpha value is -1.02. The van der Waals surface area contributed by atoms with Crippen LogP contribution in [0.3, 0.4) is 0 Å². The molecule has 15 heavy (non-hydrogen) atoms. The molecule has 1 unspecified atom stereocenters. The highest BCUT2D eigenvalue weighted by atomic mass is 16.3. The average molecular weight is 207 g/mol. The van der Waals surface area contributed by atoms with Crippen LogP contribution in [0.4, 0.5) is 0 Å². The molecule has 0 spiro atoms. The van der Waals surface area contributed by atoms with Gasteiger partial charge in [-0.3, -0.25) is 0 Å². The molecule has 2 nitrogen and oxygen atoms in total. The lowest BCUT2D eigenvalue weighted by Crippen LogP contribution is -2.30. The lowest BCUT2D eigenvalue weighted by molar-refractivity contribution is 0.468. The monoisotopic (exact) mass is 207 g/mol. The Balaban J connectivity index is 2.56. The van der Waals surface area contributed by atoms with Gasteiger partial charge in [0.25, 0.3) is 0 Å². The van der Waals surface area contributed by atoms with E-state index in [0.29, 0.717) is 11.8 Å². The summed E-state index contributed by atoms with van der Waals surface area (Å²) in [7, 11) is 0. The second-order valence-corrected chi connectivity index (χ2v) is 3.92. The van der Waals surface area contributed by atoms with Crippen molar-refractivity contribution >= 4 is 0 Å². The van der Waals surface area contributed by atoms with Crippen molar-refractivity contribution in [1.82, 2.24) is 5.32 Å². The summed E-state index contributed by atoms with van der Waals surface area (Å²) in [6.07, 6.45) is 3.37. The molecule has 0 amide bonds. The van der Waals surface area contributed by atoms with Crippen molar-refractivity contribution < 1.29 is 5.11 Å². The number of rotatable bonds is 6. The van der Waals surface area contributed by atoms with Crippen molar-refractivity contribution in [1.29, 1.82) is 0 Å². The number of likely N-dealkylation sites (N-methyl/N-ethyl adjacent to an activating group) is 1. The number of benzene rings is 1. The van der Waals surface area contributed by atoms with Gasteiger partial charge in [0.05, 0.1) is 0 Å². The summed E-state index contributed by atoms with van der Waals surface area (Å²) < 4.78 is 0. The van der Waals surface area contributed by atoms with E-state index in [4.69, 9.17) is 0 Å². The minimum absolute atomic E-state index is 0.360. The van der Waals surface area contributed by atoms with Gasteiger partial charge in [0, 0.05) is 6.04 Å². The molecule has 1 aromatic carbocycles. The first-order valence-corrected chi connectivity index (χ1v) is 5.77. The van der Waals surface area contributed by atoms with E-state index >= 15 is 0 Å². The third-order valence-corrected chi connectivity index (χ3v) is 2.52. The number of hydrogen-bond acceptors (Lipinski definition) is 2. The van der Waals surface area contributed by atoms with E-state index in [9.17, 15) is 5.11 Å². The Morgan fingerprint density at radius 2 is 2.13 bits per heavy atom. The van der Waals surface area contributed by atoms with Gasteiger partial charge in [-0.25, -0.2) is 0 Å². The first-order valence-electron chi connectivity index (χ1n) is 5.77. The fourth-order valence-electron chi connectivity index (χ4n) is 1.88. The van der Waals surface area contributed by atoms with E-state index in [1.807, 2.05) is 12.1 Å². The lowest BCUT2D eigenvalue weighted by Gasteiger charge is -2.17. The number of phenolic OH excluding ortho intramolecular Hbond substituents is 1. The summed E-state index contributed by atoms with van der Waals surface area (Å²) in [4.78, 5) is 0. The Labute approximate surface area is 92.3 Å². The minimum atomic E-state index is 0.360. The third kappa shape index (κ3) is 4.34. The zero-order valence-electron chi connectivity index (χ0n) is 9.66. The van der Waals surface area contributed by atoms with Crippen molar-refractivity contribution in [2.75, 3.05) is 6.54 Å². The predicted molar refractivity (Wildman–Crippen MR) is 64.2 cm³/mol. The van der Waals surface area contributed by atoms with Gasteiger partial charge < -0.3 is 10.4 Å². The quantitative estimate of drug-likeness (QED) is 0.751. The van der Waals surface area contributed by atoms with Gasteiger partial charge in [-0.15, -0.1) is 0 Å². The topological polar surface area (TPSA) is 32.3 Å². The molecule has 0 aliphatic carbocycles. The number of aromatic hydroxyl groups is 1. The molecule has 0 saturated heterocycles. The molecule has 0 aliphatic rings. The maximum absolute atomic E-state index is 9.37. The lowest BCUT2D eigenvalue weighted by atomic mass is 10.0. The van der Waals surface area contributed by atoms with Crippen molar-refractivity contribution in [3.8, 4) is 5.75 Å². The van der Waals surface area contributed by atoms with Crippen LogP contribution in [0.1, 0.15) is 32.3 Å². The molecule has 0 aromatic heterocycles. The normalized spacial score (nSPS) is 12.7. The molecule has 0 bridgehead atoms. The number of hydrogen-bond donors (Lipinski definition) is 2. The summed E-state index contributed by atoms with van der Waals surface area (Å²) in [5.41, 5.74) is 1.20. The predicted octanol–water partition coefficient (Wildman–Crippen LogP) is 2.71. The largest absolute Gasteiger partial charge is 0.508 e. The minimum Gasteiger partial charge on any atom is -0.508 e. The molecule has 1 atom stereocenters. The van der Waals surface area contributed by atoms with Crippen LogP contribution in [0, 0.1) is 0 Å². The molecule has 2 N–H and O–H groups in total. The summed E-state index contributed by atoms with van der Waals surface area (Å²) in [5.74, 6) is 0.360. The summed E-state index contributed by atoms with van der Waals surface area (Å²) in [6.45, 7) is 5.33. The van der Waals surface area contributed by atoms with Crippen molar-refractivity contribution in [3.63, 3.8) is 0 Å². The average Bonchev–Trinajstić information content (AvgIpc) is 2.18. The van der Waals surface area contributed by atoms with E-state index in [0.717, 1.165) is 13.0 Å². The third-order valence-electron chi connectivity index (χ3n) is 2.52. The molecular formula is C13H21NO. The van der Waals surface area contributed by atoms with Gasteiger partial charge in [-0.05, 0) is 37.1 Å². The van der Waals surface area contributed by atoms with Crippen LogP contribution < -0.4 is 5.32 Å². The van der Waals surface area contributed by atoms with Crippen LogP contribution in [0.5, 0.6) is 5.75 Å². The Morgan fingerprint density at radius 1 is 1.33 bits per heavy atom. The van der Waals surface area contributed by atoms with Gasteiger partial charge in [0.1, 0.15) is 5.75 Å². The van der Waals surface area contributed by atoms with Crippen molar-refractivity contribution in [3.05, 3.63) is 29.8 Å². The van der Waals surface area contributed by atoms with Gasteiger partial charge in [0.2, 0.25) is 0 Å². The van der Waals surface area contributed by atoms with Gasteiger partial charge in [-0.1, -0.05) is 32.4 Å². The molecule has 2 heteroatoms. The smallest absolute Gasteiger partial charge is 0.115 e. The van der Waals surface area contributed by atoms with Gasteiger partial charge >= 0.3 is 0 Å². The Kier molecular flexibility index (Phi) is 5.19. The fraction of sp³-hybridized carbons (Fsp3) is 0.538. The first kappa shape index (κ1) is 12.1. The molecular weight excluding hydrogens is 186 g/mol. The highest BCUT2D eigenvalue weighted by molar-refractivity contribution is 5.27. The van der Waals surface area contributed by atoms with E-state index in [1.165, 1.54) is 18.4 Å². The van der Waals surface area contributed by atoms with E-state index < -0.39 is 0 Å². The molecule has 1 aromatic rings. The van der Waals surface area contributed by atoms with Crippen molar-refractivity contribution in [2.45, 2.75) is 39.2 Å².